The van der Waals surface area contributed by atoms with Gasteiger partial charge in [-0.25, -0.2) is 9.97 Å². The maximum atomic E-state index is 13.1. The molecule has 0 unspecified atom stereocenters. The molecule has 0 saturated carbocycles. The Morgan fingerprint density at radius 3 is 2.75 bits per heavy atom. The Bertz CT molecular complexity index is 426. The van der Waals surface area contributed by atoms with Crippen LogP contribution < -0.4 is 0 Å². The first-order chi connectivity index (χ1) is 5.77. The number of fused-ring (bicyclic) bond motifs is 1. The van der Waals surface area contributed by atoms with E-state index in [1.807, 2.05) is 6.07 Å². The molecule has 0 fully saturated rings. The summed E-state index contributed by atoms with van der Waals surface area (Å²) in [6.45, 7) is 1.68. The summed E-state index contributed by atoms with van der Waals surface area (Å²) in [7, 11) is 0. The van der Waals surface area contributed by atoms with Crippen LogP contribution in [0.15, 0.2) is 24.3 Å². The van der Waals surface area contributed by atoms with Crippen LogP contribution in [0, 0.1) is 12.9 Å². The number of halogens is 1. The fourth-order valence-corrected chi connectivity index (χ4v) is 1.15. The average Bonchev–Trinajstić information content (AvgIpc) is 2.04. The highest BCUT2D eigenvalue weighted by Gasteiger charge is 2.02. The second-order valence-corrected chi connectivity index (χ2v) is 2.58. The maximum absolute atomic E-state index is 13.1. The minimum Gasteiger partial charge on any atom is -0.233 e. The van der Waals surface area contributed by atoms with Crippen LogP contribution >= 0.6 is 0 Å². The zero-order valence-electron chi connectivity index (χ0n) is 6.58. The second-order valence-electron chi connectivity index (χ2n) is 2.58. The van der Waals surface area contributed by atoms with Crippen molar-refractivity contribution < 1.29 is 4.39 Å². The molecule has 60 valence electrons. The molecule has 1 heterocycles. The van der Waals surface area contributed by atoms with Gasteiger partial charge in [0.15, 0.2) is 0 Å². The van der Waals surface area contributed by atoms with Gasteiger partial charge in [-0.05, 0) is 19.1 Å². The first-order valence-corrected chi connectivity index (χ1v) is 3.66. The van der Waals surface area contributed by atoms with Gasteiger partial charge in [-0.1, -0.05) is 12.1 Å². The monoisotopic (exact) mass is 162 g/mol. The SMILES string of the molecule is Cc1nc(F)c2ccccc2n1. The van der Waals surface area contributed by atoms with Crippen LogP contribution in [-0.4, -0.2) is 9.97 Å². The summed E-state index contributed by atoms with van der Waals surface area (Å²) in [5.41, 5.74) is 0.655. The normalized spacial score (nSPS) is 10.5. The van der Waals surface area contributed by atoms with E-state index in [-0.39, 0.29) is 0 Å². The smallest absolute Gasteiger partial charge is 0.224 e. The fourth-order valence-electron chi connectivity index (χ4n) is 1.15. The van der Waals surface area contributed by atoms with Gasteiger partial charge in [-0.3, -0.25) is 0 Å². The number of nitrogens with zero attached hydrogens (tertiary/aromatic N) is 2. The molecule has 0 atom stereocenters. The van der Waals surface area contributed by atoms with Gasteiger partial charge >= 0.3 is 0 Å². The lowest BCUT2D eigenvalue weighted by Gasteiger charge is -1.97. The number of hydrogen-bond donors (Lipinski definition) is 0. The lowest BCUT2D eigenvalue weighted by molar-refractivity contribution is 0.589. The summed E-state index contributed by atoms with van der Waals surface area (Å²) in [5, 5.41) is 0.475. The Balaban J connectivity index is 2.89. The zero-order valence-corrected chi connectivity index (χ0v) is 6.58. The minimum atomic E-state index is -0.446. The second kappa shape index (κ2) is 2.52. The Morgan fingerprint density at radius 2 is 1.92 bits per heavy atom. The third-order valence-corrected chi connectivity index (χ3v) is 1.67. The highest BCUT2D eigenvalue weighted by molar-refractivity contribution is 5.77. The van der Waals surface area contributed by atoms with Gasteiger partial charge in [-0.2, -0.15) is 4.39 Å². The Morgan fingerprint density at radius 1 is 1.17 bits per heavy atom. The summed E-state index contributed by atoms with van der Waals surface area (Å²) in [6, 6.07) is 7.04. The fraction of sp³-hybridized carbons (Fsp3) is 0.111. The van der Waals surface area contributed by atoms with Crippen LogP contribution in [-0.2, 0) is 0 Å². The molecule has 0 aliphatic heterocycles. The molecule has 0 aliphatic carbocycles. The van der Waals surface area contributed by atoms with Crippen LogP contribution in [0.2, 0.25) is 0 Å². The van der Waals surface area contributed by atoms with Crippen LogP contribution in [0.25, 0.3) is 10.9 Å². The van der Waals surface area contributed by atoms with E-state index < -0.39 is 5.95 Å². The van der Waals surface area contributed by atoms with Gasteiger partial charge in [-0.15, -0.1) is 0 Å². The van der Waals surface area contributed by atoms with Crippen molar-refractivity contribution in [2.75, 3.05) is 0 Å². The van der Waals surface area contributed by atoms with Gasteiger partial charge < -0.3 is 0 Å². The zero-order chi connectivity index (χ0) is 8.55. The molecule has 3 heteroatoms. The first kappa shape index (κ1) is 7.16. The largest absolute Gasteiger partial charge is 0.233 e. The number of aryl methyl sites for hydroxylation is 1. The van der Waals surface area contributed by atoms with Gasteiger partial charge in [0.1, 0.15) is 5.82 Å². The summed E-state index contributed by atoms with van der Waals surface area (Å²) in [4.78, 5) is 7.71. The number of rotatable bonds is 0. The number of benzene rings is 1. The van der Waals surface area contributed by atoms with E-state index in [2.05, 4.69) is 9.97 Å². The van der Waals surface area contributed by atoms with Crippen LogP contribution in [0.4, 0.5) is 4.39 Å². The molecule has 0 bridgehead atoms. The van der Waals surface area contributed by atoms with Gasteiger partial charge in [0.25, 0.3) is 0 Å². The van der Waals surface area contributed by atoms with Gasteiger partial charge in [0.2, 0.25) is 5.95 Å². The minimum absolute atomic E-state index is 0.446. The molecule has 0 aliphatic rings. The molecule has 0 saturated heterocycles. The molecule has 12 heavy (non-hydrogen) atoms. The molecule has 1 aromatic heterocycles. The molecule has 0 N–H and O–H groups in total. The Labute approximate surface area is 69.1 Å². The van der Waals surface area contributed by atoms with E-state index in [0.717, 1.165) is 0 Å². The first-order valence-electron chi connectivity index (χ1n) is 3.66. The van der Waals surface area contributed by atoms with E-state index in [1.54, 1.807) is 25.1 Å². The van der Waals surface area contributed by atoms with Crippen molar-refractivity contribution >= 4 is 10.9 Å². The van der Waals surface area contributed by atoms with Crippen molar-refractivity contribution in [2.24, 2.45) is 0 Å². The highest BCUT2D eigenvalue weighted by Crippen LogP contribution is 2.13. The van der Waals surface area contributed by atoms with Crippen LogP contribution in [0.3, 0.4) is 0 Å². The molecule has 0 spiro atoms. The van der Waals surface area contributed by atoms with E-state index >= 15 is 0 Å². The molecule has 0 radical (unpaired) electrons. The lowest BCUT2D eigenvalue weighted by Crippen LogP contribution is -1.93. The summed E-state index contributed by atoms with van der Waals surface area (Å²) >= 11 is 0. The number of hydrogen-bond acceptors (Lipinski definition) is 2. The van der Waals surface area contributed by atoms with Gasteiger partial charge in [0, 0.05) is 0 Å². The lowest BCUT2D eigenvalue weighted by atomic mass is 10.2. The predicted molar refractivity (Wildman–Crippen MR) is 44.2 cm³/mol. The predicted octanol–water partition coefficient (Wildman–Crippen LogP) is 2.08. The Kier molecular flexibility index (Phi) is 1.50. The molecule has 2 nitrogen and oxygen atoms in total. The van der Waals surface area contributed by atoms with Gasteiger partial charge in [0.05, 0.1) is 10.9 Å². The topological polar surface area (TPSA) is 25.8 Å². The molecular weight excluding hydrogens is 155 g/mol. The molecular formula is C9H7FN2. The Hall–Kier alpha value is -1.51. The molecule has 1 aromatic carbocycles. The highest BCUT2D eigenvalue weighted by atomic mass is 19.1. The molecule has 0 amide bonds. The summed E-state index contributed by atoms with van der Waals surface area (Å²) in [6.07, 6.45) is 0. The molecule has 2 aromatic rings. The summed E-state index contributed by atoms with van der Waals surface area (Å²) < 4.78 is 13.1. The van der Waals surface area contributed by atoms with Crippen LogP contribution in [0.1, 0.15) is 5.82 Å². The van der Waals surface area contributed by atoms with Crippen molar-refractivity contribution in [1.29, 1.82) is 0 Å². The van der Waals surface area contributed by atoms with Crippen molar-refractivity contribution in [1.82, 2.24) is 9.97 Å². The van der Waals surface area contributed by atoms with E-state index in [1.165, 1.54) is 0 Å². The standard InChI is InChI=1S/C9H7FN2/c1-6-11-8-5-3-2-4-7(8)9(10)12-6/h2-5H,1H3. The van der Waals surface area contributed by atoms with E-state index in [4.69, 9.17) is 0 Å². The number of aromatic nitrogens is 2. The van der Waals surface area contributed by atoms with Crippen molar-refractivity contribution in [2.45, 2.75) is 6.92 Å². The maximum Gasteiger partial charge on any atom is 0.224 e. The van der Waals surface area contributed by atoms with Crippen LogP contribution in [0.5, 0.6) is 0 Å². The number of para-hydroxylation sites is 1. The van der Waals surface area contributed by atoms with E-state index in [9.17, 15) is 4.39 Å². The average molecular weight is 162 g/mol. The van der Waals surface area contributed by atoms with E-state index in [0.29, 0.717) is 16.7 Å². The quantitative estimate of drug-likeness (QED) is 0.554. The van der Waals surface area contributed by atoms with Crippen molar-refractivity contribution in [3.05, 3.63) is 36.0 Å². The summed E-state index contributed by atoms with van der Waals surface area (Å²) in [5.74, 6) is 0.0179. The van der Waals surface area contributed by atoms with Crippen molar-refractivity contribution in [3.63, 3.8) is 0 Å². The third kappa shape index (κ3) is 1.03. The molecule has 2 rings (SSSR count). The third-order valence-electron chi connectivity index (χ3n) is 1.67. The van der Waals surface area contributed by atoms with Crippen molar-refractivity contribution in [3.8, 4) is 0 Å².